The summed E-state index contributed by atoms with van der Waals surface area (Å²) < 4.78 is 1.95. The molecule has 2 aliphatic rings. The van der Waals surface area contributed by atoms with E-state index in [-0.39, 0.29) is 11.9 Å². The van der Waals surface area contributed by atoms with E-state index in [2.05, 4.69) is 23.4 Å². The molecule has 0 saturated carbocycles. The van der Waals surface area contributed by atoms with Crippen molar-refractivity contribution in [3.8, 4) is 0 Å². The van der Waals surface area contributed by atoms with Crippen LogP contribution in [0.3, 0.4) is 0 Å². The van der Waals surface area contributed by atoms with E-state index in [0.29, 0.717) is 11.7 Å². The van der Waals surface area contributed by atoms with Gasteiger partial charge in [-0.25, -0.2) is 0 Å². The van der Waals surface area contributed by atoms with Gasteiger partial charge in [-0.15, -0.1) is 0 Å². The van der Waals surface area contributed by atoms with Gasteiger partial charge in [0.2, 0.25) is 0 Å². The van der Waals surface area contributed by atoms with Crippen molar-refractivity contribution in [2.75, 3.05) is 18.0 Å². The summed E-state index contributed by atoms with van der Waals surface area (Å²) in [7, 11) is 0. The van der Waals surface area contributed by atoms with Gasteiger partial charge in [-0.3, -0.25) is 9.48 Å². The summed E-state index contributed by atoms with van der Waals surface area (Å²) in [5.74, 6) is 0.00460. The van der Waals surface area contributed by atoms with Crippen molar-refractivity contribution in [2.45, 2.75) is 38.3 Å². The van der Waals surface area contributed by atoms with Gasteiger partial charge in [0, 0.05) is 24.5 Å². The zero-order chi connectivity index (χ0) is 15.8. The average molecular weight is 310 g/mol. The van der Waals surface area contributed by atoms with Crippen LogP contribution in [0.15, 0.2) is 36.5 Å². The van der Waals surface area contributed by atoms with Crippen LogP contribution in [0.1, 0.15) is 41.9 Å². The second-order valence-corrected chi connectivity index (χ2v) is 6.54. The molecule has 0 spiro atoms. The summed E-state index contributed by atoms with van der Waals surface area (Å²) in [6.07, 6.45) is 5.13. The fraction of sp³-hybridized carbons (Fsp3) is 0.444. The molecule has 1 amide bonds. The maximum atomic E-state index is 13.0. The van der Waals surface area contributed by atoms with Crippen LogP contribution in [0.25, 0.3) is 0 Å². The summed E-state index contributed by atoms with van der Waals surface area (Å²) in [6.45, 7) is 4.10. The molecule has 2 atom stereocenters. The van der Waals surface area contributed by atoms with Crippen molar-refractivity contribution in [3.05, 3.63) is 47.8 Å². The number of hydrogen-bond acceptors (Lipinski definition) is 3. The molecule has 1 N–H and O–H groups in total. The molecule has 4 rings (SSSR count). The van der Waals surface area contributed by atoms with Crippen molar-refractivity contribution in [1.82, 2.24) is 15.1 Å². The predicted molar refractivity (Wildman–Crippen MR) is 89.8 cm³/mol. The van der Waals surface area contributed by atoms with Crippen molar-refractivity contribution < 1.29 is 4.79 Å². The molecule has 0 aliphatic carbocycles. The summed E-state index contributed by atoms with van der Waals surface area (Å²) in [4.78, 5) is 14.8. The second-order valence-electron chi connectivity index (χ2n) is 6.54. The molecule has 23 heavy (non-hydrogen) atoms. The smallest absolute Gasteiger partial charge is 0.279 e. The Morgan fingerprint density at radius 2 is 2.17 bits per heavy atom. The van der Waals surface area contributed by atoms with Gasteiger partial charge in [0.05, 0.1) is 6.04 Å². The minimum Gasteiger partial charge on any atom is -0.315 e. The molecule has 1 aromatic carbocycles. The molecule has 2 aromatic rings. The van der Waals surface area contributed by atoms with Crippen LogP contribution in [0.4, 0.5) is 5.69 Å². The molecule has 5 nitrogen and oxygen atoms in total. The first-order valence-electron chi connectivity index (χ1n) is 8.41. The highest BCUT2D eigenvalue weighted by Crippen LogP contribution is 2.32. The summed E-state index contributed by atoms with van der Waals surface area (Å²) >= 11 is 0. The number of amides is 1. The monoisotopic (exact) mass is 310 g/mol. The number of carbonyl (C=O) groups is 1. The largest absolute Gasteiger partial charge is 0.315 e. The first kappa shape index (κ1) is 14.5. The number of aromatic nitrogens is 2. The minimum atomic E-state index is 0.00460. The molecule has 3 heterocycles. The number of piperidine rings is 1. The number of hydrogen-bond donors (Lipinski definition) is 1. The van der Waals surface area contributed by atoms with Crippen LogP contribution in [-0.4, -0.2) is 34.8 Å². The highest BCUT2D eigenvalue weighted by atomic mass is 16.2. The third-order valence-electron chi connectivity index (χ3n) is 4.90. The van der Waals surface area contributed by atoms with Crippen molar-refractivity contribution in [1.29, 1.82) is 0 Å². The molecular weight excluding hydrogens is 288 g/mol. The summed E-state index contributed by atoms with van der Waals surface area (Å²) in [5.41, 5.74) is 2.81. The van der Waals surface area contributed by atoms with Crippen molar-refractivity contribution in [2.24, 2.45) is 0 Å². The zero-order valence-electron chi connectivity index (χ0n) is 13.4. The minimum absolute atomic E-state index is 0.00460. The first-order valence-corrected chi connectivity index (χ1v) is 8.41. The molecule has 120 valence electrons. The summed E-state index contributed by atoms with van der Waals surface area (Å²) in [5, 5.41) is 7.96. The third-order valence-corrected chi connectivity index (χ3v) is 4.90. The van der Waals surface area contributed by atoms with Gasteiger partial charge in [0.25, 0.3) is 5.91 Å². The Bertz CT molecular complexity index is 717. The highest BCUT2D eigenvalue weighted by Gasteiger charge is 2.32. The Labute approximate surface area is 136 Å². The van der Waals surface area contributed by atoms with Crippen LogP contribution in [0.2, 0.25) is 0 Å². The SMILES string of the molecule is CC1Cc2ccccc2N1C(=O)c1ccn(C2CCCNC2)n1. The van der Waals surface area contributed by atoms with Crippen LogP contribution in [0.5, 0.6) is 0 Å². The van der Waals surface area contributed by atoms with E-state index in [1.807, 2.05) is 40.0 Å². The van der Waals surface area contributed by atoms with Crippen LogP contribution >= 0.6 is 0 Å². The maximum Gasteiger partial charge on any atom is 0.279 e. The molecule has 2 aliphatic heterocycles. The fourth-order valence-electron chi connectivity index (χ4n) is 3.71. The number of nitrogens with zero attached hydrogens (tertiary/aromatic N) is 3. The number of fused-ring (bicyclic) bond motifs is 1. The zero-order valence-corrected chi connectivity index (χ0v) is 13.4. The third kappa shape index (κ3) is 2.55. The lowest BCUT2D eigenvalue weighted by Gasteiger charge is -2.23. The predicted octanol–water partition coefficient (Wildman–Crippen LogP) is 2.40. The maximum absolute atomic E-state index is 13.0. The number of carbonyl (C=O) groups excluding carboxylic acids is 1. The lowest BCUT2D eigenvalue weighted by atomic mass is 10.1. The van der Waals surface area contributed by atoms with Crippen LogP contribution in [-0.2, 0) is 6.42 Å². The van der Waals surface area contributed by atoms with Gasteiger partial charge in [-0.2, -0.15) is 5.10 Å². The van der Waals surface area contributed by atoms with E-state index in [9.17, 15) is 4.79 Å². The lowest BCUT2D eigenvalue weighted by Crippen LogP contribution is -2.36. The molecule has 1 saturated heterocycles. The number of nitrogens with one attached hydrogen (secondary N) is 1. The summed E-state index contributed by atoms with van der Waals surface area (Å²) in [6, 6.07) is 10.5. The van der Waals surface area contributed by atoms with E-state index in [1.165, 1.54) is 5.56 Å². The van der Waals surface area contributed by atoms with E-state index in [0.717, 1.165) is 38.0 Å². The van der Waals surface area contributed by atoms with Crippen molar-refractivity contribution >= 4 is 11.6 Å². The number of rotatable bonds is 2. The van der Waals surface area contributed by atoms with E-state index >= 15 is 0 Å². The quantitative estimate of drug-likeness (QED) is 0.926. The Balaban J connectivity index is 1.59. The Morgan fingerprint density at radius 1 is 1.30 bits per heavy atom. The van der Waals surface area contributed by atoms with Gasteiger partial charge >= 0.3 is 0 Å². The Hall–Kier alpha value is -2.14. The first-order chi connectivity index (χ1) is 11.2. The highest BCUT2D eigenvalue weighted by molar-refractivity contribution is 6.06. The fourth-order valence-corrected chi connectivity index (χ4v) is 3.71. The Kier molecular flexibility index (Phi) is 3.65. The average Bonchev–Trinajstić information content (AvgIpc) is 3.19. The molecule has 0 bridgehead atoms. The van der Waals surface area contributed by atoms with Gasteiger partial charge in [0.1, 0.15) is 0 Å². The van der Waals surface area contributed by atoms with Crippen LogP contribution < -0.4 is 10.2 Å². The van der Waals surface area contributed by atoms with Gasteiger partial charge in [0.15, 0.2) is 5.69 Å². The second kappa shape index (κ2) is 5.81. The van der Waals surface area contributed by atoms with E-state index < -0.39 is 0 Å². The van der Waals surface area contributed by atoms with E-state index in [4.69, 9.17) is 0 Å². The standard InChI is InChI=1S/C18H22N4O/c1-13-11-14-5-2-3-7-17(14)22(13)18(23)16-8-10-21(20-16)15-6-4-9-19-12-15/h2-3,5,7-8,10,13,15,19H,4,6,9,11-12H2,1H3. The topological polar surface area (TPSA) is 50.2 Å². The molecule has 0 radical (unpaired) electrons. The molecule has 1 fully saturated rings. The van der Waals surface area contributed by atoms with Crippen molar-refractivity contribution in [3.63, 3.8) is 0 Å². The van der Waals surface area contributed by atoms with Gasteiger partial charge < -0.3 is 10.2 Å². The number of anilines is 1. The molecule has 1 aromatic heterocycles. The Morgan fingerprint density at radius 3 is 3.00 bits per heavy atom. The molecule has 2 unspecified atom stereocenters. The number of para-hydroxylation sites is 1. The molecule has 5 heteroatoms. The lowest BCUT2D eigenvalue weighted by molar-refractivity contribution is 0.0975. The molecular formula is C18H22N4O. The van der Waals surface area contributed by atoms with Gasteiger partial charge in [-0.05, 0) is 50.4 Å². The normalized spacial score (nSPS) is 23.8. The van der Waals surface area contributed by atoms with E-state index in [1.54, 1.807) is 0 Å². The number of benzene rings is 1. The van der Waals surface area contributed by atoms with Gasteiger partial charge in [-0.1, -0.05) is 18.2 Å². The van der Waals surface area contributed by atoms with Crippen LogP contribution in [0, 0.1) is 0 Å².